The fraction of sp³-hybridized carbons (Fsp3) is 0.394. The molecule has 2 aromatic carbocycles. The van der Waals surface area contributed by atoms with Crippen LogP contribution >= 0.6 is 22.9 Å². The fourth-order valence-electron chi connectivity index (χ4n) is 6.25. The molecule has 0 saturated heterocycles. The molecular formula is C33H34ClF2NO4S. The van der Waals surface area contributed by atoms with Crippen molar-refractivity contribution in [3.05, 3.63) is 81.5 Å². The molecule has 2 atom stereocenters. The van der Waals surface area contributed by atoms with Crippen molar-refractivity contribution in [2.24, 2.45) is 17.8 Å². The van der Waals surface area contributed by atoms with Gasteiger partial charge >= 0.3 is 5.97 Å². The summed E-state index contributed by atoms with van der Waals surface area (Å²) >= 11 is 7.54. The van der Waals surface area contributed by atoms with Crippen LogP contribution in [0.25, 0.3) is 21.2 Å². The van der Waals surface area contributed by atoms with Gasteiger partial charge < -0.3 is 14.9 Å². The van der Waals surface area contributed by atoms with Crippen LogP contribution in [-0.4, -0.2) is 28.3 Å². The summed E-state index contributed by atoms with van der Waals surface area (Å²) < 4.78 is 34.8. The zero-order chi connectivity index (χ0) is 30.0. The summed E-state index contributed by atoms with van der Waals surface area (Å²) in [6.45, 7) is 2.27. The first kappa shape index (κ1) is 30.4. The van der Waals surface area contributed by atoms with Gasteiger partial charge in [-0.2, -0.15) is 0 Å². The van der Waals surface area contributed by atoms with Crippen molar-refractivity contribution >= 4 is 39.0 Å². The molecular weight excluding hydrogens is 580 g/mol. The third kappa shape index (κ3) is 6.46. The topological polar surface area (TPSA) is 79.7 Å². The Kier molecular flexibility index (Phi) is 9.45. The van der Waals surface area contributed by atoms with E-state index in [1.165, 1.54) is 6.20 Å². The van der Waals surface area contributed by atoms with Gasteiger partial charge in [-0.3, -0.25) is 0 Å². The predicted molar refractivity (Wildman–Crippen MR) is 162 cm³/mol. The van der Waals surface area contributed by atoms with Crippen molar-refractivity contribution in [2.45, 2.75) is 58.0 Å². The Morgan fingerprint density at radius 1 is 1.10 bits per heavy atom. The van der Waals surface area contributed by atoms with Gasteiger partial charge in [0, 0.05) is 6.20 Å². The minimum absolute atomic E-state index is 0.0230. The van der Waals surface area contributed by atoms with Gasteiger partial charge in [0.25, 0.3) is 0 Å². The number of benzene rings is 2. The number of pyridine rings is 1. The standard InChI is InChI=1S/C33H34ClF2NO4S/c1-18-3-5-19(6-4-18)21(17-27(38)32-30(34)29-24(35)10-11-25(36)31(29)42-32)7-8-23-15-20(9-12-28(23)41-2)22-13-14-37-26(16-22)33(39)40/h9-16,18-19,21,27,38H,3-8,17H2,1-2H3,(H,39,40). The molecule has 0 bridgehead atoms. The number of thiophene rings is 1. The lowest BCUT2D eigenvalue weighted by molar-refractivity contribution is 0.0690. The van der Waals surface area contributed by atoms with E-state index >= 15 is 0 Å². The molecule has 1 aliphatic carbocycles. The summed E-state index contributed by atoms with van der Waals surface area (Å²) in [4.78, 5) is 15.8. The number of methoxy groups -OCH3 is 1. The van der Waals surface area contributed by atoms with Crippen molar-refractivity contribution in [2.75, 3.05) is 7.11 Å². The quantitative estimate of drug-likeness (QED) is 0.186. The Labute approximate surface area is 253 Å². The van der Waals surface area contributed by atoms with Crippen molar-refractivity contribution in [3.8, 4) is 16.9 Å². The van der Waals surface area contributed by atoms with Gasteiger partial charge in [-0.05, 0) is 103 Å². The number of ether oxygens (including phenoxy) is 1. The van der Waals surface area contributed by atoms with Crippen LogP contribution in [0.5, 0.6) is 5.75 Å². The molecule has 5 nitrogen and oxygen atoms in total. The summed E-state index contributed by atoms with van der Waals surface area (Å²) in [7, 11) is 1.62. The molecule has 2 unspecified atom stereocenters. The van der Waals surface area contributed by atoms with Crippen LogP contribution < -0.4 is 4.74 Å². The van der Waals surface area contributed by atoms with Gasteiger partial charge in [0.05, 0.1) is 33.2 Å². The summed E-state index contributed by atoms with van der Waals surface area (Å²) in [5, 5.41) is 20.9. The molecule has 1 fully saturated rings. The maximum atomic E-state index is 14.5. The Hall–Kier alpha value is -3.07. The van der Waals surface area contributed by atoms with E-state index in [2.05, 4.69) is 11.9 Å². The number of aromatic nitrogens is 1. The highest BCUT2D eigenvalue weighted by atomic mass is 35.5. The van der Waals surface area contributed by atoms with E-state index in [1.807, 2.05) is 18.2 Å². The molecule has 2 N–H and O–H groups in total. The Morgan fingerprint density at radius 2 is 1.81 bits per heavy atom. The summed E-state index contributed by atoms with van der Waals surface area (Å²) in [6.07, 6.45) is 6.82. The number of aryl methyl sites for hydroxylation is 1. The molecule has 42 heavy (non-hydrogen) atoms. The molecule has 2 aromatic heterocycles. The molecule has 0 radical (unpaired) electrons. The zero-order valence-corrected chi connectivity index (χ0v) is 25.2. The average molecular weight is 614 g/mol. The minimum atomic E-state index is -1.09. The average Bonchev–Trinajstić information content (AvgIpc) is 3.35. The van der Waals surface area contributed by atoms with Crippen LogP contribution in [0.4, 0.5) is 8.78 Å². The van der Waals surface area contributed by atoms with Crippen LogP contribution in [0.1, 0.15) is 72.5 Å². The van der Waals surface area contributed by atoms with Gasteiger partial charge in [-0.15, -0.1) is 11.3 Å². The van der Waals surface area contributed by atoms with Crippen molar-refractivity contribution in [1.29, 1.82) is 0 Å². The molecule has 1 aliphatic rings. The maximum Gasteiger partial charge on any atom is 0.354 e. The molecule has 0 amide bonds. The van der Waals surface area contributed by atoms with Crippen LogP contribution in [0, 0.1) is 29.4 Å². The third-order valence-electron chi connectivity index (χ3n) is 8.64. The van der Waals surface area contributed by atoms with Gasteiger partial charge in [0.15, 0.2) is 0 Å². The first-order valence-corrected chi connectivity index (χ1v) is 15.5. The van der Waals surface area contributed by atoms with Gasteiger partial charge in [-0.1, -0.05) is 37.4 Å². The number of carboxylic acid groups (broad SMARTS) is 1. The first-order chi connectivity index (χ1) is 20.2. The van der Waals surface area contributed by atoms with Crippen LogP contribution in [0.2, 0.25) is 5.02 Å². The second-order valence-corrected chi connectivity index (χ2v) is 12.8. The highest BCUT2D eigenvalue weighted by molar-refractivity contribution is 7.19. The lowest BCUT2D eigenvalue weighted by Crippen LogP contribution is -2.23. The smallest absolute Gasteiger partial charge is 0.354 e. The SMILES string of the molecule is COc1ccc(-c2ccnc(C(=O)O)c2)cc1CCC(CC(O)c1sc2c(F)ccc(F)c2c1Cl)C1CCC(C)CC1. The highest BCUT2D eigenvalue weighted by Gasteiger charge is 2.30. The van der Waals surface area contributed by atoms with Gasteiger partial charge in [0.1, 0.15) is 23.1 Å². The second kappa shape index (κ2) is 13.1. The molecule has 2 heterocycles. The van der Waals surface area contributed by atoms with Crippen molar-refractivity contribution < 1.29 is 28.5 Å². The minimum Gasteiger partial charge on any atom is -0.496 e. The van der Waals surface area contributed by atoms with Crippen molar-refractivity contribution in [3.63, 3.8) is 0 Å². The number of halogens is 3. The van der Waals surface area contributed by atoms with E-state index in [9.17, 15) is 23.8 Å². The fourth-order valence-corrected chi connectivity index (χ4v) is 7.84. The third-order valence-corrected chi connectivity index (χ3v) is 10.4. The molecule has 0 aliphatic heterocycles. The number of rotatable bonds is 10. The molecule has 5 rings (SSSR count). The van der Waals surface area contributed by atoms with Crippen LogP contribution in [-0.2, 0) is 6.42 Å². The number of nitrogens with zero attached hydrogens (tertiary/aromatic N) is 1. The van der Waals surface area contributed by atoms with E-state index in [0.717, 1.165) is 78.0 Å². The monoisotopic (exact) mass is 613 g/mol. The van der Waals surface area contributed by atoms with Crippen molar-refractivity contribution in [1.82, 2.24) is 4.98 Å². The van der Waals surface area contributed by atoms with Gasteiger partial charge in [0.2, 0.25) is 0 Å². The lowest BCUT2D eigenvalue weighted by atomic mass is 9.72. The first-order valence-electron chi connectivity index (χ1n) is 14.3. The normalized spacial score (nSPS) is 18.6. The summed E-state index contributed by atoms with van der Waals surface area (Å²) in [5.74, 6) is -0.268. The molecule has 222 valence electrons. The number of hydrogen-bond acceptors (Lipinski definition) is 5. The van der Waals surface area contributed by atoms with E-state index in [4.69, 9.17) is 16.3 Å². The lowest BCUT2D eigenvalue weighted by Gasteiger charge is -2.34. The van der Waals surface area contributed by atoms with Crippen LogP contribution in [0.3, 0.4) is 0 Å². The second-order valence-electron chi connectivity index (χ2n) is 11.3. The summed E-state index contributed by atoms with van der Waals surface area (Å²) in [5.41, 5.74) is 2.57. The number of aromatic carboxylic acids is 1. The van der Waals surface area contributed by atoms with E-state index < -0.39 is 23.7 Å². The van der Waals surface area contributed by atoms with E-state index in [1.54, 1.807) is 19.2 Å². The number of fused-ring (bicyclic) bond motifs is 1. The summed E-state index contributed by atoms with van der Waals surface area (Å²) in [6, 6.07) is 11.3. The number of aliphatic hydroxyl groups excluding tert-OH is 1. The zero-order valence-electron chi connectivity index (χ0n) is 23.6. The Bertz CT molecular complexity index is 1580. The van der Waals surface area contributed by atoms with Gasteiger partial charge in [-0.25, -0.2) is 18.6 Å². The Morgan fingerprint density at radius 3 is 2.50 bits per heavy atom. The largest absolute Gasteiger partial charge is 0.496 e. The maximum absolute atomic E-state index is 14.5. The molecule has 9 heteroatoms. The van der Waals surface area contributed by atoms with Crippen LogP contribution in [0.15, 0.2) is 48.7 Å². The number of aliphatic hydroxyl groups is 1. The number of carboxylic acids is 1. The molecule has 0 spiro atoms. The highest BCUT2D eigenvalue weighted by Crippen LogP contribution is 2.45. The van der Waals surface area contributed by atoms with E-state index in [-0.39, 0.29) is 26.7 Å². The predicted octanol–water partition coefficient (Wildman–Crippen LogP) is 9.10. The van der Waals surface area contributed by atoms with E-state index in [0.29, 0.717) is 29.6 Å². The molecule has 4 aromatic rings. The number of carbonyl (C=O) groups is 1. The number of hydrogen-bond donors (Lipinski definition) is 2. The molecule has 1 saturated carbocycles. The Balaban J connectivity index is 1.41.